The fourth-order valence-electron chi connectivity index (χ4n) is 3.25. The standard InChI is InChI=1S/C19H13ClFN7/c1-28-26-18(25-27-28)11-5-6-13-14(9-11)22-19-16(13)17(20)23-15(24-19)8-10-3-2-4-12(21)7-10/h2-7,9H,8H2,1H3,(H,22,23,24). The molecule has 138 valence electrons. The monoisotopic (exact) mass is 393 g/mol. The molecule has 5 aromatic rings. The molecule has 0 aliphatic rings. The molecule has 0 spiro atoms. The smallest absolute Gasteiger partial charge is 0.204 e. The molecule has 9 heteroatoms. The fourth-order valence-corrected chi connectivity index (χ4v) is 3.54. The van der Waals surface area contributed by atoms with Gasteiger partial charge in [-0.3, -0.25) is 0 Å². The lowest BCUT2D eigenvalue weighted by Gasteiger charge is -2.03. The van der Waals surface area contributed by atoms with Crippen molar-refractivity contribution in [2.45, 2.75) is 6.42 Å². The molecular weight excluding hydrogens is 381 g/mol. The van der Waals surface area contributed by atoms with Crippen LogP contribution in [0.3, 0.4) is 0 Å². The zero-order valence-corrected chi connectivity index (χ0v) is 15.4. The van der Waals surface area contributed by atoms with Crippen molar-refractivity contribution in [1.29, 1.82) is 0 Å². The Bertz CT molecular complexity index is 1340. The summed E-state index contributed by atoms with van der Waals surface area (Å²) < 4.78 is 13.4. The first kappa shape index (κ1) is 16.8. The van der Waals surface area contributed by atoms with Gasteiger partial charge in [0.05, 0.1) is 12.4 Å². The lowest BCUT2D eigenvalue weighted by Crippen LogP contribution is -1.98. The number of halogens is 2. The van der Waals surface area contributed by atoms with E-state index in [1.54, 1.807) is 13.1 Å². The zero-order valence-electron chi connectivity index (χ0n) is 14.7. The number of rotatable bonds is 3. The Morgan fingerprint density at radius 3 is 2.82 bits per heavy atom. The van der Waals surface area contributed by atoms with Crippen molar-refractivity contribution in [2.75, 3.05) is 0 Å². The number of nitrogens with one attached hydrogen (secondary N) is 1. The summed E-state index contributed by atoms with van der Waals surface area (Å²) in [5, 5.41) is 14.1. The Labute approximate surface area is 163 Å². The molecule has 0 radical (unpaired) electrons. The van der Waals surface area contributed by atoms with Gasteiger partial charge >= 0.3 is 0 Å². The molecule has 5 rings (SSSR count). The highest BCUT2D eigenvalue weighted by atomic mass is 35.5. The molecule has 2 aromatic carbocycles. The molecule has 0 saturated carbocycles. The van der Waals surface area contributed by atoms with Crippen molar-refractivity contribution in [3.05, 3.63) is 64.8 Å². The topological polar surface area (TPSA) is 85.2 Å². The third kappa shape index (κ3) is 2.87. The first-order valence-corrected chi connectivity index (χ1v) is 8.91. The summed E-state index contributed by atoms with van der Waals surface area (Å²) in [6, 6.07) is 12.1. The molecule has 7 nitrogen and oxygen atoms in total. The van der Waals surface area contributed by atoms with E-state index in [0.29, 0.717) is 28.9 Å². The highest BCUT2D eigenvalue weighted by Gasteiger charge is 2.15. The molecule has 0 bridgehead atoms. The Balaban J connectivity index is 1.60. The number of nitrogens with zero attached hydrogens (tertiary/aromatic N) is 6. The van der Waals surface area contributed by atoms with E-state index in [1.165, 1.54) is 16.9 Å². The molecule has 28 heavy (non-hydrogen) atoms. The minimum absolute atomic E-state index is 0.291. The predicted octanol–water partition coefficient (Wildman–Crippen LogP) is 3.68. The van der Waals surface area contributed by atoms with Gasteiger partial charge in [-0.25, -0.2) is 14.4 Å². The van der Waals surface area contributed by atoms with Gasteiger partial charge in [0, 0.05) is 22.9 Å². The number of aryl methyl sites for hydroxylation is 1. The maximum Gasteiger partial charge on any atom is 0.204 e. The van der Waals surface area contributed by atoms with E-state index in [9.17, 15) is 4.39 Å². The first-order chi connectivity index (χ1) is 13.6. The number of benzene rings is 2. The van der Waals surface area contributed by atoms with Crippen LogP contribution in [0.1, 0.15) is 11.4 Å². The molecular formula is C19H13ClFN7. The molecule has 0 unspecified atom stereocenters. The van der Waals surface area contributed by atoms with Gasteiger partial charge in [0.1, 0.15) is 22.4 Å². The lowest BCUT2D eigenvalue weighted by molar-refractivity contribution is 0.626. The molecule has 0 amide bonds. The van der Waals surface area contributed by atoms with E-state index in [4.69, 9.17) is 11.6 Å². The van der Waals surface area contributed by atoms with Crippen LogP contribution in [-0.4, -0.2) is 35.2 Å². The second kappa shape index (κ2) is 6.35. The van der Waals surface area contributed by atoms with Gasteiger partial charge in [-0.2, -0.15) is 4.80 Å². The Morgan fingerprint density at radius 2 is 2.04 bits per heavy atom. The van der Waals surface area contributed by atoms with E-state index in [-0.39, 0.29) is 5.82 Å². The third-order valence-electron chi connectivity index (χ3n) is 4.47. The van der Waals surface area contributed by atoms with Crippen LogP contribution in [0.5, 0.6) is 0 Å². The van der Waals surface area contributed by atoms with Crippen LogP contribution in [0.15, 0.2) is 42.5 Å². The van der Waals surface area contributed by atoms with Gasteiger partial charge in [-0.1, -0.05) is 35.9 Å². The Morgan fingerprint density at radius 1 is 1.14 bits per heavy atom. The van der Waals surface area contributed by atoms with E-state index in [1.807, 2.05) is 24.3 Å². The average molecular weight is 394 g/mol. The number of hydrogen-bond donors (Lipinski definition) is 1. The molecule has 0 saturated heterocycles. The van der Waals surface area contributed by atoms with E-state index in [0.717, 1.165) is 27.4 Å². The quantitative estimate of drug-likeness (QED) is 0.472. The summed E-state index contributed by atoms with van der Waals surface area (Å²) in [4.78, 5) is 13.7. The van der Waals surface area contributed by atoms with Crippen LogP contribution in [0.2, 0.25) is 5.15 Å². The van der Waals surface area contributed by atoms with Crippen LogP contribution in [0.4, 0.5) is 4.39 Å². The van der Waals surface area contributed by atoms with Gasteiger partial charge < -0.3 is 4.98 Å². The van der Waals surface area contributed by atoms with Crippen molar-refractivity contribution >= 4 is 33.5 Å². The highest BCUT2D eigenvalue weighted by Crippen LogP contribution is 2.31. The number of fused-ring (bicyclic) bond motifs is 3. The van der Waals surface area contributed by atoms with E-state index in [2.05, 4.69) is 30.4 Å². The molecule has 0 atom stereocenters. The van der Waals surface area contributed by atoms with Crippen molar-refractivity contribution in [3.8, 4) is 11.4 Å². The summed E-state index contributed by atoms with van der Waals surface area (Å²) in [6.07, 6.45) is 0.386. The summed E-state index contributed by atoms with van der Waals surface area (Å²) in [6.45, 7) is 0. The molecule has 1 N–H and O–H groups in total. The normalized spacial score (nSPS) is 11.5. The minimum Gasteiger partial charge on any atom is -0.339 e. The summed E-state index contributed by atoms with van der Waals surface area (Å²) in [5.41, 5.74) is 3.09. The molecule has 3 aromatic heterocycles. The van der Waals surface area contributed by atoms with Crippen LogP contribution >= 0.6 is 11.6 Å². The Kier molecular flexibility index (Phi) is 3.80. The molecule has 0 fully saturated rings. The maximum atomic E-state index is 13.4. The number of aromatic amines is 1. The number of aromatic nitrogens is 7. The maximum absolute atomic E-state index is 13.4. The lowest BCUT2D eigenvalue weighted by atomic mass is 10.1. The van der Waals surface area contributed by atoms with E-state index < -0.39 is 0 Å². The largest absolute Gasteiger partial charge is 0.339 e. The Hall–Kier alpha value is -3.39. The molecule has 3 heterocycles. The van der Waals surface area contributed by atoms with Crippen molar-refractivity contribution in [1.82, 2.24) is 35.2 Å². The minimum atomic E-state index is -0.291. The molecule has 0 aliphatic carbocycles. The second-order valence-electron chi connectivity index (χ2n) is 6.45. The van der Waals surface area contributed by atoms with Gasteiger partial charge in [0.15, 0.2) is 0 Å². The number of H-pyrrole nitrogens is 1. The van der Waals surface area contributed by atoms with Crippen LogP contribution in [0.25, 0.3) is 33.3 Å². The SMILES string of the molecule is Cn1nnc(-c2ccc3c(c2)[nH]c2nc(Cc4cccc(F)c4)nc(Cl)c23)n1. The summed E-state index contributed by atoms with van der Waals surface area (Å²) in [7, 11) is 1.72. The van der Waals surface area contributed by atoms with E-state index >= 15 is 0 Å². The summed E-state index contributed by atoms with van der Waals surface area (Å²) in [5.74, 6) is 0.762. The zero-order chi connectivity index (χ0) is 19.3. The van der Waals surface area contributed by atoms with Crippen molar-refractivity contribution in [2.24, 2.45) is 7.05 Å². The van der Waals surface area contributed by atoms with Gasteiger partial charge in [-0.05, 0) is 29.0 Å². The third-order valence-corrected chi connectivity index (χ3v) is 4.74. The van der Waals surface area contributed by atoms with Crippen LogP contribution < -0.4 is 0 Å². The van der Waals surface area contributed by atoms with Gasteiger partial charge in [-0.15, -0.1) is 10.2 Å². The number of tetrazole rings is 1. The van der Waals surface area contributed by atoms with Crippen LogP contribution in [-0.2, 0) is 13.5 Å². The van der Waals surface area contributed by atoms with Crippen molar-refractivity contribution < 1.29 is 4.39 Å². The van der Waals surface area contributed by atoms with Crippen molar-refractivity contribution in [3.63, 3.8) is 0 Å². The van der Waals surface area contributed by atoms with Gasteiger partial charge in [0.2, 0.25) is 5.82 Å². The second-order valence-corrected chi connectivity index (χ2v) is 6.81. The first-order valence-electron chi connectivity index (χ1n) is 8.53. The highest BCUT2D eigenvalue weighted by molar-refractivity contribution is 6.36. The van der Waals surface area contributed by atoms with Gasteiger partial charge in [0.25, 0.3) is 0 Å². The predicted molar refractivity (Wildman–Crippen MR) is 103 cm³/mol. The average Bonchev–Trinajstić information content (AvgIpc) is 3.24. The summed E-state index contributed by atoms with van der Waals surface area (Å²) >= 11 is 6.46. The number of hydrogen-bond acceptors (Lipinski definition) is 5. The fraction of sp³-hybridized carbons (Fsp3) is 0.105. The van der Waals surface area contributed by atoms with Crippen LogP contribution in [0, 0.1) is 5.82 Å². The molecule has 0 aliphatic heterocycles.